The van der Waals surface area contributed by atoms with Crippen molar-refractivity contribution in [1.82, 2.24) is 9.13 Å². The van der Waals surface area contributed by atoms with Gasteiger partial charge in [-0.05, 0) is 37.1 Å². The molecular formula is C28H22N2. The Hall–Kier alpha value is -3.52. The summed E-state index contributed by atoms with van der Waals surface area (Å²) in [6.45, 7) is 0. The minimum absolute atomic E-state index is 0.467. The van der Waals surface area contributed by atoms with Crippen LogP contribution in [-0.2, 0) is 0 Å². The van der Waals surface area contributed by atoms with Crippen LogP contribution in [0.5, 0.6) is 0 Å². The lowest BCUT2D eigenvalue weighted by Gasteiger charge is -2.40. The third kappa shape index (κ3) is 2.03. The van der Waals surface area contributed by atoms with Crippen molar-refractivity contribution in [3.8, 4) is 0 Å². The van der Waals surface area contributed by atoms with Crippen molar-refractivity contribution in [2.75, 3.05) is 0 Å². The molecule has 4 aromatic carbocycles. The van der Waals surface area contributed by atoms with Gasteiger partial charge in [0.1, 0.15) is 0 Å². The van der Waals surface area contributed by atoms with Crippen molar-refractivity contribution < 1.29 is 0 Å². The topological polar surface area (TPSA) is 9.86 Å². The highest BCUT2D eigenvalue weighted by molar-refractivity contribution is 6.09. The highest BCUT2D eigenvalue weighted by atomic mass is 15.1. The Kier molecular flexibility index (Phi) is 3.25. The first kappa shape index (κ1) is 16.3. The maximum atomic E-state index is 2.61. The lowest BCUT2D eigenvalue weighted by molar-refractivity contribution is 0.205. The molecule has 1 saturated carbocycles. The average Bonchev–Trinajstić information content (AvgIpc) is 3.28. The summed E-state index contributed by atoms with van der Waals surface area (Å²) in [6, 6.07) is 36.5. The summed E-state index contributed by atoms with van der Waals surface area (Å²) in [5.74, 6) is 0. The van der Waals surface area contributed by atoms with Gasteiger partial charge in [0, 0.05) is 43.6 Å². The Morgan fingerprint density at radius 2 is 0.667 bits per heavy atom. The van der Waals surface area contributed by atoms with Gasteiger partial charge in [-0.1, -0.05) is 72.8 Å². The average molecular weight is 386 g/mol. The summed E-state index contributed by atoms with van der Waals surface area (Å²) in [7, 11) is 0. The van der Waals surface area contributed by atoms with Crippen molar-refractivity contribution in [3.05, 3.63) is 97.1 Å². The van der Waals surface area contributed by atoms with Crippen molar-refractivity contribution in [2.45, 2.75) is 24.9 Å². The van der Waals surface area contributed by atoms with Gasteiger partial charge in [-0.15, -0.1) is 0 Å². The fourth-order valence-corrected chi connectivity index (χ4v) is 5.69. The minimum atomic E-state index is 0.467. The van der Waals surface area contributed by atoms with Crippen molar-refractivity contribution in [2.24, 2.45) is 0 Å². The molecule has 2 atom stereocenters. The van der Waals surface area contributed by atoms with Gasteiger partial charge >= 0.3 is 0 Å². The highest BCUT2D eigenvalue weighted by Crippen LogP contribution is 2.49. The van der Waals surface area contributed by atoms with Crippen LogP contribution < -0.4 is 0 Å². The SMILES string of the molecule is c1ccc2c(c1)c1ccccc1n2[C@@H]1CC[C@@H]1n1c2ccccc2c2ccccc21. The molecule has 7 rings (SSSR count). The fraction of sp³-hybridized carbons (Fsp3) is 0.143. The third-order valence-electron chi connectivity index (χ3n) is 7.10. The predicted molar refractivity (Wildman–Crippen MR) is 126 cm³/mol. The molecule has 2 nitrogen and oxygen atoms in total. The summed E-state index contributed by atoms with van der Waals surface area (Å²) in [5.41, 5.74) is 5.42. The first-order valence-corrected chi connectivity index (χ1v) is 10.9. The van der Waals surface area contributed by atoms with Crippen molar-refractivity contribution in [3.63, 3.8) is 0 Å². The molecular weight excluding hydrogens is 364 g/mol. The summed E-state index contributed by atoms with van der Waals surface area (Å²) in [5, 5.41) is 5.45. The molecule has 0 radical (unpaired) electrons. The Morgan fingerprint density at radius 3 is 0.933 bits per heavy atom. The maximum Gasteiger partial charge on any atom is 0.0551 e. The highest BCUT2D eigenvalue weighted by Gasteiger charge is 2.37. The molecule has 0 aliphatic heterocycles. The third-order valence-corrected chi connectivity index (χ3v) is 7.10. The Bertz CT molecular complexity index is 1340. The van der Waals surface area contributed by atoms with Gasteiger partial charge < -0.3 is 9.13 Å². The molecule has 0 amide bonds. The molecule has 30 heavy (non-hydrogen) atoms. The molecule has 2 aromatic heterocycles. The molecule has 1 aliphatic rings. The second kappa shape index (κ2) is 5.99. The van der Waals surface area contributed by atoms with E-state index in [1.54, 1.807) is 0 Å². The van der Waals surface area contributed by atoms with Gasteiger partial charge in [0.05, 0.1) is 12.1 Å². The Balaban J connectivity index is 1.50. The molecule has 2 heterocycles. The van der Waals surface area contributed by atoms with E-state index in [0.717, 1.165) is 0 Å². The van der Waals surface area contributed by atoms with E-state index in [9.17, 15) is 0 Å². The van der Waals surface area contributed by atoms with Crippen LogP contribution in [0.25, 0.3) is 43.6 Å². The predicted octanol–water partition coefficient (Wildman–Crippen LogP) is 7.48. The summed E-state index contributed by atoms with van der Waals surface area (Å²) in [6.07, 6.45) is 2.43. The number of aromatic nitrogens is 2. The molecule has 0 saturated heterocycles. The fourth-order valence-electron chi connectivity index (χ4n) is 5.69. The molecule has 2 heteroatoms. The van der Waals surface area contributed by atoms with E-state index in [1.165, 1.54) is 56.5 Å². The second-order valence-corrected chi connectivity index (χ2v) is 8.52. The maximum absolute atomic E-state index is 2.61. The van der Waals surface area contributed by atoms with Gasteiger partial charge in [0.15, 0.2) is 0 Å². The van der Waals surface area contributed by atoms with Crippen molar-refractivity contribution >= 4 is 43.6 Å². The zero-order valence-electron chi connectivity index (χ0n) is 16.7. The molecule has 144 valence electrons. The molecule has 6 aromatic rings. The Labute approximate surface area is 175 Å². The van der Waals surface area contributed by atoms with E-state index in [2.05, 4.69) is 106 Å². The first-order chi connectivity index (χ1) is 14.9. The minimum Gasteiger partial charge on any atom is -0.335 e. The van der Waals surface area contributed by atoms with E-state index < -0.39 is 0 Å². The monoisotopic (exact) mass is 386 g/mol. The van der Waals surface area contributed by atoms with Gasteiger partial charge in [-0.25, -0.2) is 0 Å². The molecule has 0 unspecified atom stereocenters. The number of benzene rings is 4. The van der Waals surface area contributed by atoms with Crippen molar-refractivity contribution in [1.29, 1.82) is 0 Å². The smallest absolute Gasteiger partial charge is 0.0551 e. The molecule has 0 N–H and O–H groups in total. The molecule has 1 aliphatic carbocycles. The Morgan fingerprint density at radius 1 is 0.400 bits per heavy atom. The zero-order chi connectivity index (χ0) is 19.7. The normalized spacial score (nSPS) is 19.1. The number of hydrogen-bond donors (Lipinski definition) is 0. The van der Waals surface area contributed by atoms with Crippen LogP contribution in [0, 0.1) is 0 Å². The van der Waals surface area contributed by atoms with E-state index in [4.69, 9.17) is 0 Å². The van der Waals surface area contributed by atoms with Crippen LogP contribution in [0.15, 0.2) is 97.1 Å². The van der Waals surface area contributed by atoms with Crippen LogP contribution in [-0.4, -0.2) is 9.13 Å². The van der Waals surface area contributed by atoms with E-state index in [0.29, 0.717) is 12.1 Å². The lowest BCUT2D eigenvalue weighted by Crippen LogP contribution is -2.31. The first-order valence-electron chi connectivity index (χ1n) is 10.9. The van der Waals surface area contributed by atoms with Crippen LogP contribution in [0.1, 0.15) is 24.9 Å². The summed E-state index contributed by atoms with van der Waals surface area (Å²) in [4.78, 5) is 0. The number of hydrogen-bond acceptors (Lipinski definition) is 0. The van der Waals surface area contributed by atoms with E-state index in [-0.39, 0.29) is 0 Å². The van der Waals surface area contributed by atoms with Crippen LogP contribution in [0.4, 0.5) is 0 Å². The standard InChI is InChI=1S/C28H22N2/c1-5-13-23-19(9-1)20-10-2-6-14-24(20)29(23)27-17-18-28(27)30-25-15-7-3-11-21(25)22-12-4-8-16-26(22)30/h1-16,27-28H,17-18H2/t27-,28+. The largest absolute Gasteiger partial charge is 0.335 e. The second-order valence-electron chi connectivity index (χ2n) is 8.52. The zero-order valence-corrected chi connectivity index (χ0v) is 16.7. The van der Waals surface area contributed by atoms with Crippen LogP contribution in [0.3, 0.4) is 0 Å². The quantitative estimate of drug-likeness (QED) is 0.292. The van der Waals surface area contributed by atoms with E-state index in [1.807, 2.05) is 0 Å². The summed E-state index contributed by atoms with van der Waals surface area (Å²) < 4.78 is 5.23. The van der Waals surface area contributed by atoms with Gasteiger partial charge in [-0.2, -0.15) is 0 Å². The lowest BCUT2D eigenvalue weighted by atomic mass is 9.85. The molecule has 0 bridgehead atoms. The summed E-state index contributed by atoms with van der Waals surface area (Å²) >= 11 is 0. The number of para-hydroxylation sites is 4. The van der Waals surface area contributed by atoms with Gasteiger partial charge in [0.25, 0.3) is 0 Å². The van der Waals surface area contributed by atoms with Gasteiger partial charge in [0.2, 0.25) is 0 Å². The number of fused-ring (bicyclic) bond motifs is 6. The van der Waals surface area contributed by atoms with Crippen LogP contribution >= 0.6 is 0 Å². The van der Waals surface area contributed by atoms with Gasteiger partial charge in [-0.3, -0.25) is 0 Å². The molecule has 1 fully saturated rings. The van der Waals surface area contributed by atoms with E-state index >= 15 is 0 Å². The number of rotatable bonds is 2. The number of nitrogens with zero attached hydrogens (tertiary/aromatic N) is 2. The molecule has 0 spiro atoms. The van der Waals surface area contributed by atoms with Crippen LogP contribution in [0.2, 0.25) is 0 Å².